The summed E-state index contributed by atoms with van der Waals surface area (Å²) in [6.07, 6.45) is 3.32. The highest BCUT2D eigenvalue weighted by molar-refractivity contribution is 8.23. The van der Waals surface area contributed by atoms with Crippen LogP contribution in [0.5, 0.6) is 0 Å². The van der Waals surface area contributed by atoms with Gasteiger partial charge < -0.3 is 10.2 Å². The number of amides is 1. The molecule has 1 fully saturated rings. The fourth-order valence-electron chi connectivity index (χ4n) is 2.26. The van der Waals surface area contributed by atoms with E-state index >= 15 is 0 Å². The smallest absolute Gasteiger partial charge is 0.234 e. The van der Waals surface area contributed by atoms with Crippen molar-refractivity contribution in [3.8, 4) is 0 Å². The molecule has 0 aliphatic carbocycles. The van der Waals surface area contributed by atoms with Crippen LogP contribution in [0.25, 0.3) is 0 Å². The summed E-state index contributed by atoms with van der Waals surface area (Å²) >= 11 is 6.81. The van der Waals surface area contributed by atoms with Crippen LogP contribution >= 0.6 is 24.0 Å². The van der Waals surface area contributed by atoms with Crippen LogP contribution < -0.4 is 5.32 Å². The van der Waals surface area contributed by atoms with Crippen LogP contribution in [0.1, 0.15) is 25.3 Å². The zero-order valence-corrected chi connectivity index (χ0v) is 13.4. The summed E-state index contributed by atoms with van der Waals surface area (Å²) in [5, 5.41) is 2.97. The number of thioether (sulfide) groups is 1. The number of thiocarbonyl (C=S) groups is 1. The summed E-state index contributed by atoms with van der Waals surface area (Å²) < 4.78 is 0.849. The molecule has 1 N–H and O–H groups in total. The summed E-state index contributed by atoms with van der Waals surface area (Å²) in [5.41, 5.74) is 2.07. The standard InChI is InChI=1S/C15H20N2OS2/c1-2-12-7-3-4-8-13(12)16-14(18)11-20-15(19)17-9-5-6-10-17/h3-4,7-8H,2,5-6,9-11H2,1H3,(H,16,18). The molecule has 1 aliphatic heterocycles. The Morgan fingerprint density at radius 1 is 1.35 bits per heavy atom. The second kappa shape index (κ2) is 7.64. The van der Waals surface area contributed by atoms with Crippen LogP contribution in [-0.4, -0.2) is 34.0 Å². The van der Waals surface area contributed by atoms with Crippen molar-refractivity contribution in [1.29, 1.82) is 0 Å². The van der Waals surface area contributed by atoms with E-state index in [1.165, 1.54) is 24.6 Å². The predicted molar refractivity (Wildman–Crippen MR) is 90.3 cm³/mol. The van der Waals surface area contributed by atoms with Crippen LogP contribution in [0, 0.1) is 0 Å². The molecule has 0 radical (unpaired) electrons. The summed E-state index contributed by atoms with van der Waals surface area (Å²) in [6.45, 7) is 4.15. The van der Waals surface area contributed by atoms with Gasteiger partial charge in [-0.3, -0.25) is 4.79 Å². The molecule has 1 aromatic carbocycles. The van der Waals surface area contributed by atoms with Gasteiger partial charge >= 0.3 is 0 Å². The molecule has 108 valence electrons. The lowest BCUT2D eigenvalue weighted by Crippen LogP contribution is -2.25. The van der Waals surface area contributed by atoms with Crippen molar-refractivity contribution in [3.05, 3.63) is 29.8 Å². The number of hydrogen-bond donors (Lipinski definition) is 1. The zero-order valence-electron chi connectivity index (χ0n) is 11.7. The molecule has 2 rings (SSSR count). The fourth-order valence-corrected chi connectivity index (χ4v) is 3.31. The zero-order chi connectivity index (χ0) is 14.4. The lowest BCUT2D eigenvalue weighted by Gasteiger charge is -2.17. The Bertz CT molecular complexity index is 485. The van der Waals surface area contributed by atoms with Crippen LogP contribution in [-0.2, 0) is 11.2 Å². The predicted octanol–water partition coefficient (Wildman–Crippen LogP) is 3.30. The van der Waals surface area contributed by atoms with Gasteiger partial charge in [0.2, 0.25) is 5.91 Å². The van der Waals surface area contributed by atoms with Crippen LogP contribution in [0.3, 0.4) is 0 Å². The van der Waals surface area contributed by atoms with Gasteiger partial charge in [-0.25, -0.2) is 0 Å². The monoisotopic (exact) mass is 308 g/mol. The van der Waals surface area contributed by atoms with Crippen molar-refractivity contribution in [2.24, 2.45) is 0 Å². The Morgan fingerprint density at radius 2 is 2.05 bits per heavy atom. The maximum Gasteiger partial charge on any atom is 0.234 e. The van der Waals surface area contributed by atoms with Gasteiger partial charge in [-0.1, -0.05) is 49.1 Å². The van der Waals surface area contributed by atoms with E-state index in [2.05, 4.69) is 17.1 Å². The minimum absolute atomic E-state index is 0.0115. The number of aryl methyl sites for hydroxylation is 1. The third-order valence-corrected chi connectivity index (χ3v) is 4.89. The van der Waals surface area contributed by atoms with Crippen LogP contribution in [0.4, 0.5) is 5.69 Å². The van der Waals surface area contributed by atoms with Crippen molar-refractivity contribution in [1.82, 2.24) is 4.90 Å². The molecule has 20 heavy (non-hydrogen) atoms. The third-order valence-electron chi connectivity index (χ3n) is 3.36. The number of nitrogens with zero attached hydrogens (tertiary/aromatic N) is 1. The Balaban J connectivity index is 1.81. The molecular formula is C15H20N2OS2. The number of rotatable bonds is 4. The number of carbonyl (C=O) groups is 1. The van der Waals surface area contributed by atoms with Gasteiger partial charge in [0.25, 0.3) is 0 Å². The van der Waals surface area contributed by atoms with Crippen molar-refractivity contribution >= 4 is 39.9 Å². The Morgan fingerprint density at radius 3 is 2.75 bits per heavy atom. The Hall–Kier alpha value is -1.07. The molecule has 1 aromatic rings. The van der Waals surface area contributed by atoms with Gasteiger partial charge in [-0.15, -0.1) is 0 Å². The van der Waals surface area contributed by atoms with Crippen molar-refractivity contribution in [3.63, 3.8) is 0 Å². The first-order valence-electron chi connectivity index (χ1n) is 7.00. The third kappa shape index (κ3) is 4.21. The number of anilines is 1. The van der Waals surface area contributed by atoms with E-state index in [4.69, 9.17) is 12.2 Å². The SMILES string of the molecule is CCc1ccccc1NC(=O)CSC(=S)N1CCCC1. The molecule has 1 heterocycles. The van der Waals surface area contributed by atoms with E-state index in [1.807, 2.05) is 24.3 Å². The maximum absolute atomic E-state index is 12.0. The van der Waals surface area contributed by atoms with Crippen molar-refractivity contribution < 1.29 is 4.79 Å². The lowest BCUT2D eigenvalue weighted by atomic mass is 10.1. The highest BCUT2D eigenvalue weighted by Gasteiger charge is 2.16. The van der Waals surface area contributed by atoms with E-state index < -0.39 is 0 Å². The summed E-state index contributed by atoms with van der Waals surface area (Å²) in [5.74, 6) is 0.394. The average Bonchev–Trinajstić information content (AvgIpc) is 2.99. The topological polar surface area (TPSA) is 32.3 Å². The number of hydrogen-bond acceptors (Lipinski definition) is 3. The highest BCUT2D eigenvalue weighted by Crippen LogP contribution is 2.18. The second-order valence-electron chi connectivity index (χ2n) is 4.81. The van der Waals surface area contributed by atoms with E-state index in [0.29, 0.717) is 5.75 Å². The number of para-hydroxylation sites is 1. The van der Waals surface area contributed by atoms with Gasteiger partial charge in [0, 0.05) is 18.8 Å². The molecular weight excluding hydrogens is 288 g/mol. The van der Waals surface area contributed by atoms with E-state index in [1.54, 1.807) is 0 Å². The van der Waals surface area contributed by atoms with Crippen molar-refractivity contribution in [2.75, 3.05) is 24.2 Å². The van der Waals surface area contributed by atoms with Gasteiger partial charge in [-0.05, 0) is 30.9 Å². The number of carbonyl (C=O) groups excluding carboxylic acids is 1. The fraction of sp³-hybridized carbons (Fsp3) is 0.467. The summed E-state index contributed by atoms with van der Waals surface area (Å²) in [6, 6.07) is 7.92. The average molecular weight is 308 g/mol. The molecule has 0 aromatic heterocycles. The lowest BCUT2D eigenvalue weighted by molar-refractivity contribution is -0.113. The van der Waals surface area contributed by atoms with E-state index in [0.717, 1.165) is 35.1 Å². The Labute approximate surface area is 130 Å². The summed E-state index contributed by atoms with van der Waals surface area (Å²) in [4.78, 5) is 14.2. The van der Waals surface area contributed by atoms with Gasteiger partial charge in [-0.2, -0.15) is 0 Å². The number of benzene rings is 1. The number of nitrogens with one attached hydrogen (secondary N) is 1. The van der Waals surface area contributed by atoms with E-state index in [9.17, 15) is 4.79 Å². The molecule has 1 amide bonds. The molecule has 1 saturated heterocycles. The minimum Gasteiger partial charge on any atom is -0.358 e. The normalized spacial score (nSPS) is 14.3. The first kappa shape index (κ1) is 15.3. The van der Waals surface area contributed by atoms with Gasteiger partial charge in [0.15, 0.2) is 0 Å². The maximum atomic E-state index is 12.0. The largest absolute Gasteiger partial charge is 0.358 e. The first-order chi connectivity index (χ1) is 9.70. The second-order valence-corrected chi connectivity index (χ2v) is 6.42. The molecule has 0 spiro atoms. The molecule has 3 nitrogen and oxygen atoms in total. The first-order valence-corrected chi connectivity index (χ1v) is 8.39. The van der Waals surface area contributed by atoms with Gasteiger partial charge in [0.05, 0.1) is 5.75 Å². The van der Waals surface area contributed by atoms with Crippen molar-refractivity contribution in [2.45, 2.75) is 26.2 Å². The molecule has 0 saturated carbocycles. The molecule has 0 atom stereocenters. The quantitative estimate of drug-likeness (QED) is 0.865. The van der Waals surface area contributed by atoms with Gasteiger partial charge in [0.1, 0.15) is 4.32 Å². The Kier molecular flexibility index (Phi) is 5.86. The number of likely N-dealkylation sites (tertiary alicyclic amines) is 1. The molecule has 0 unspecified atom stereocenters. The molecule has 5 heteroatoms. The highest BCUT2D eigenvalue weighted by atomic mass is 32.2. The minimum atomic E-state index is 0.0115. The summed E-state index contributed by atoms with van der Waals surface area (Å²) in [7, 11) is 0. The van der Waals surface area contributed by atoms with E-state index in [-0.39, 0.29) is 5.91 Å². The van der Waals surface area contributed by atoms with Crippen LogP contribution in [0.2, 0.25) is 0 Å². The molecule has 1 aliphatic rings. The van der Waals surface area contributed by atoms with Crippen LogP contribution in [0.15, 0.2) is 24.3 Å². The molecule has 0 bridgehead atoms.